The Hall–Kier alpha value is -2.86. The molecule has 2 aromatic carbocycles. The maximum Gasteiger partial charge on any atom is 0.238 e. The molecule has 0 heterocycles. The van der Waals surface area contributed by atoms with E-state index in [1.807, 2.05) is 58.0 Å². The van der Waals surface area contributed by atoms with Gasteiger partial charge in [0.05, 0.1) is 25.9 Å². The van der Waals surface area contributed by atoms with Gasteiger partial charge < -0.3 is 15.4 Å². The van der Waals surface area contributed by atoms with E-state index in [1.54, 1.807) is 19.1 Å². The molecule has 0 fully saturated rings. The van der Waals surface area contributed by atoms with Gasteiger partial charge in [-0.15, -0.1) is 0 Å². The number of aryl methyl sites for hydroxylation is 4. The standard InChI is InChI=1S/C22H29N3O3/c1-14-7-8-19(28-6)18(11-14)23-20(26)12-25(5)13-21(27)24-22-16(3)9-15(2)10-17(22)4/h7-11H,12-13H2,1-6H3,(H,23,26)(H,24,27). The highest BCUT2D eigenvalue weighted by Gasteiger charge is 2.14. The van der Waals surface area contributed by atoms with Gasteiger partial charge in [-0.05, 0) is 63.6 Å². The van der Waals surface area contributed by atoms with Crippen molar-refractivity contribution in [3.8, 4) is 5.75 Å². The number of ether oxygens (including phenoxy) is 1. The number of amides is 2. The first-order valence-electron chi connectivity index (χ1n) is 9.20. The van der Waals surface area contributed by atoms with Gasteiger partial charge in [-0.25, -0.2) is 0 Å². The van der Waals surface area contributed by atoms with Crippen LogP contribution >= 0.6 is 0 Å². The first kappa shape index (κ1) is 21.4. The van der Waals surface area contributed by atoms with Crippen LogP contribution in [0.3, 0.4) is 0 Å². The van der Waals surface area contributed by atoms with E-state index in [2.05, 4.69) is 10.6 Å². The lowest BCUT2D eigenvalue weighted by molar-refractivity contribution is -0.119. The Balaban J connectivity index is 1.93. The Morgan fingerprint density at radius 3 is 2.04 bits per heavy atom. The zero-order valence-electron chi connectivity index (χ0n) is 17.5. The van der Waals surface area contributed by atoms with E-state index < -0.39 is 0 Å². The molecule has 0 unspecified atom stereocenters. The van der Waals surface area contributed by atoms with Crippen LogP contribution in [0.5, 0.6) is 5.75 Å². The first-order chi connectivity index (χ1) is 13.2. The predicted molar refractivity (Wildman–Crippen MR) is 113 cm³/mol. The predicted octanol–water partition coefficient (Wildman–Crippen LogP) is 3.44. The van der Waals surface area contributed by atoms with E-state index in [4.69, 9.17) is 4.74 Å². The fourth-order valence-electron chi connectivity index (χ4n) is 3.21. The van der Waals surface area contributed by atoms with E-state index in [0.717, 1.165) is 27.9 Å². The highest BCUT2D eigenvalue weighted by atomic mass is 16.5. The zero-order valence-corrected chi connectivity index (χ0v) is 17.5. The summed E-state index contributed by atoms with van der Waals surface area (Å²) in [7, 11) is 3.30. The number of hydrogen-bond donors (Lipinski definition) is 2. The topological polar surface area (TPSA) is 70.7 Å². The lowest BCUT2D eigenvalue weighted by Gasteiger charge is -2.18. The summed E-state index contributed by atoms with van der Waals surface area (Å²) in [5, 5.41) is 5.80. The molecule has 0 bridgehead atoms. The molecule has 0 aliphatic carbocycles. The van der Waals surface area contributed by atoms with Crippen LogP contribution in [0.15, 0.2) is 30.3 Å². The molecule has 0 saturated heterocycles. The maximum atomic E-state index is 12.4. The Kier molecular flexibility index (Phi) is 7.18. The van der Waals surface area contributed by atoms with Crippen LogP contribution in [0.1, 0.15) is 22.3 Å². The van der Waals surface area contributed by atoms with E-state index in [-0.39, 0.29) is 24.9 Å². The number of carbonyl (C=O) groups excluding carboxylic acids is 2. The first-order valence-corrected chi connectivity index (χ1v) is 9.20. The molecular formula is C22H29N3O3. The van der Waals surface area contributed by atoms with E-state index in [1.165, 1.54) is 0 Å². The van der Waals surface area contributed by atoms with Crippen molar-refractivity contribution in [1.29, 1.82) is 0 Å². The van der Waals surface area contributed by atoms with Crippen molar-refractivity contribution in [2.24, 2.45) is 0 Å². The molecule has 0 aliphatic rings. The number of likely N-dealkylation sites (N-methyl/N-ethyl adjacent to an activating group) is 1. The third-order valence-corrected chi connectivity index (χ3v) is 4.40. The van der Waals surface area contributed by atoms with Gasteiger partial charge in [-0.2, -0.15) is 0 Å². The molecule has 2 amide bonds. The van der Waals surface area contributed by atoms with Crippen LogP contribution in [-0.4, -0.2) is 44.0 Å². The summed E-state index contributed by atoms with van der Waals surface area (Å²) < 4.78 is 5.28. The smallest absolute Gasteiger partial charge is 0.238 e. The average molecular weight is 383 g/mol. The number of benzene rings is 2. The fraction of sp³-hybridized carbons (Fsp3) is 0.364. The number of methoxy groups -OCH3 is 1. The molecule has 2 N–H and O–H groups in total. The lowest BCUT2D eigenvalue weighted by Crippen LogP contribution is -2.36. The highest BCUT2D eigenvalue weighted by molar-refractivity contribution is 5.96. The fourth-order valence-corrected chi connectivity index (χ4v) is 3.21. The number of anilines is 2. The van der Waals surface area contributed by atoms with Crippen LogP contribution in [-0.2, 0) is 9.59 Å². The van der Waals surface area contributed by atoms with Gasteiger partial charge in [0.2, 0.25) is 11.8 Å². The second-order valence-corrected chi connectivity index (χ2v) is 7.25. The Morgan fingerprint density at radius 1 is 0.893 bits per heavy atom. The Morgan fingerprint density at radius 2 is 1.46 bits per heavy atom. The highest BCUT2D eigenvalue weighted by Crippen LogP contribution is 2.25. The Labute approximate surface area is 166 Å². The summed E-state index contributed by atoms with van der Waals surface area (Å²) in [6.45, 7) is 8.13. The van der Waals surface area contributed by atoms with Crippen LogP contribution in [0.25, 0.3) is 0 Å². The molecule has 150 valence electrons. The van der Waals surface area contributed by atoms with Gasteiger partial charge >= 0.3 is 0 Å². The maximum absolute atomic E-state index is 12.4. The second-order valence-electron chi connectivity index (χ2n) is 7.25. The van der Waals surface area contributed by atoms with Crippen molar-refractivity contribution in [2.45, 2.75) is 27.7 Å². The summed E-state index contributed by atoms with van der Waals surface area (Å²) in [5.74, 6) is 0.241. The molecule has 0 radical (unpaired) electrons. The molecular weight excluding hydrogens is 354 g/mol. The molecule has 0 aromatic heterocycles. The van der Waals surface area contributed by atoms with Crippen molar-refractivity contribution >= 4 is 23.2 Å². The molecule has 2 aromatic rings. The second kappa shape index (κ2) is 9.37. The van der Waals surface area contributed by atoms with Crippen molar-refractivity contribution in [3.05, 3.63) is 52.6 Å². The largest absolute Gasteiger partial charge is 0.495 e. The van der Waals surface area contributed by atoms with Crippen LogP contribution in [0.2, 0.25) is 0 Å². The minimum absolute atomic E-state index is 0.0936. The van der Waals surface area contributed by atoms with E-state index in [0.29, 0.717) is 11.4 Å². The minimum atomic E-state index is -0.207. The monoisotopic (exact) mass is 383 g/mol. The van der Waals surface area contributed by atoms with E-state index in [9.17, 15) is 9.59 Å². The Bertz CT molecular complexity index is 854. The molecule has 0 spiro atoms. The molecule has 0 saturated carbocycles. The molecule has 0 atom stereocenters. The molecule has 28 heavy (non-hydrogen) atoms. The number of carbonyl (C=O) groups is 2. The van der Waals surface area contributed by atoms with Crippen molar-refractivity contribution in [1.82, 2.24) is 4.90 Å². The zero-order chi connectivity index (χ0) is 20.8. The van der Waals surface area contributed by atoms with Gasteiger partial charge in [0.25, 0.3) is 0 Å². The average Bonchev–Trinajstić information content (AvgIpc) is 2.58. The van der Waals surface area contributed by atoms with Gasteiger partial charge in [-0.3, -0.25) is 14.5 Å². The summed E-state index contributed by atoms with van der Waals surface area (Å²) >= 11 is 0. The van der Waals surface area contributed by atoms with Gasteiger partial charge in [0.15, 0.2) is 0 Å². The summed E-state index contributed by atoms with van der Waals surface area (Å²) in [6, 6.07) is 9.66. The summed E-state index contributed by atoms with van der Waals surface area (Å²) in [5.41, 5.74) is 5.69. The number of nitrogens with one attached hydrogen (secondary N) is 2. The van der Waals surface area contributed by atoms with Gasteiger partial charge in [-0.1, -0.05) is 23.8 Å². The van der Waals surface area contributed by atoms with Crippen LogP contribution in [0, 0.1) is 27.7 Å². The van der Waals surface area contributed by atoms with E-state index >= 15 is 0 Å². The minimum Gasteiger partial charge on any atom is -0.495 e. The van der Waals surface area contributed by atoms with Crippen molar-refractivity contribution < 1.29 is 14.3 Å². The third-order valence-electron chi connectivity index (χ3n) is 4.40. The molecule has 0 aliphatic heterocycles. The SMILES string of the molecule is COc1ccc(C)cc1NC(=O)CN(C)CC(=O)Nc1c(C)cc(C)cc1C. The number of hydrogen-bond acceptors (Lipinski definition) is 4. The number of rotatable bonds is 7. The normalized spacial score (nSPS) is 10.7. The quantitative estimate of drug-likeness (QED) is 0.768. The molecule has 6 heteroatoms. The molecule has 6 nitrogen and oxygen atoms in total. The molecule has 2 rings (SSSR count). The van der Waals surface area contributed by atoms with Gasteiger partial charge in [0, 0.05) is 5.69 Å². The van der Waals surface area contributed by atoms with Crippen molar-refractivity contribution in [3.63, 3.8) is 0 Å². The third kappa shape index (κ3) is 5.82. The summed E-state index contributed by atoms with van der Waals surface area (Å²) in [4.78, 5) is 26.4. The van der Waals surface area contributed by atoms with Crippen LogP contribution < -0.4 is 15.4 Å². The summed E-state index contributed by atoms with van der Waals surface area (Å²) in [6.07, 6.45) is 0. The van der Waals surface area contributed by atoms with Gasteiger partial charge in [0.1, 0.15) is 5.75 Å². The number of nitrogens with zero attached hydrogens (tertiary/aromatic N) is 1. The lowest BCUT2D eigenvalue weighted by atomic mass is 10.1. The van der Waals surface area contributed by atoms with Crippen LogP contribution in [0.4, 0.5) is 11.4 Å². The van der Waals surface area contributed by atoms with Crippen molar-refractivity contribution in [2.75, 3.05) is 37.9 Å².